The highest BCUT2D eigenvalue weighted by Gasteiger charge is 2.29. The van der Waals surface area contributed by atoms with Gasteiger partial charge in [-0.3, -0.25) is 4.79 Å². The Balaban J connectivity index is 1.54. The largest absolute Gasteiger partial charge is 0.497 e. The van der Waals surface area contributed by atoms with E-state index in [-0.39, 0.29) is 11.9 Å². The first-order valence-electron chi connectivity index (χ1n) is 9.15. The van der Waals surface area contributed by atoms with Gasteiger partial charge in [-0.25, -0.2) is 0 Å². The lowest BCUT2D eigenvalue weighted by Crippen LogP contribution is -3.19. The van der Waals surface area contributed by atoms with Crippen LogP contribution in [0.1, 0.15) is 12.5 Å². The number of amides is 1. The highest BCUT2D eigenvalue weighted by molar-refractivity contribution is 5.93. The average molecular weight is 365 g/mol. The van der Waals surface area contributed by atoms with Crippen LogP contribution >= 0.6 is 0 Å². The zero-order valence-corrected chi connectivity index (χ0v) is 15.7. The molecule has 1 atom stereocenters. The van der Waals surface area contributed by atoms with Crippen molar-refractivity contribution in [3.63, 3.8) is 0 Å². The topological polar surface area (TPSA) is 69.8 Å². The molecule has 3 rings (SSSR count). The van der Waals surface area contributed by atoms with Gasteiger partial charge >= 0.3 is 0 Å². The summed E-state index contributed by atoms with van der Waals surface area (Å²) in [6, 6.07) is 17.0. The maximum atomic E-state index is 12.6. The number of hydrogen-bond donors (Lipinski definition) is 2. The van der Waals surface area contributed by atoms with Crippen molar-refractivity contribution in [2.45, 2.75) is 13.0 Å². The van der Waals surface area contributed by atoms with E-state index in [1.165, 1.54) is 10.6 Å². The molecule has 0 aromatic heterocycles. The van der Waals surface area contributed by atoms with Gasteiger partial charge in [-0.2, -0.15) is 5.26 Å². The number of nitriles is 1. The molecule has 140 valence electrons. The van der Waals surface area contributed by atoms with E-state index >= 15 is 0 Å². The van der Waals surface area contributed by atoms with Crippen LogP contribution in [0.25, 0.3) is 0 Å². The smallest absolute Gasteiger partial charge is 0.282 e. The Hall–Kier alpha value is -3.04. The van der Waals surface area contributed by atoms with Crippen molar-refractivity contribution in [3.8, 4) is 11.8 Å². The highest BCUT2D eigenvalue weighted by atomic mass is 16.5. The molecule has 0 unspecified atom stereocenters. The molecule has 1 saturated heterocycles. The third kappa shape index (κ3) is 4.57. The second-order valence-electron chi connectivity index (χ2n) is 6.75. The minimum atomic E-state index is -0.145. The summed E-state index contributed by atoms with van der Waals surface area (Å²) < 4.78 is 5.21. The molecule has 0 spiro atoms. The average Bonchev–Trinajstić information content (AvgIpc) is 2.73. The number of benzene rings is 2. The number of carbonyl (C=O) groups excluding carboxylic acids is 1. The highest BCUT2D eigenvalue weighted by Crippen LogP contribution is 2.19. The molecule has 0 aliphatic carbocycles. The van der Waals surface area contributed by atoms with Crippen LogP contribution in [0.3, 0.4) is 0 Å². The van der Waals surface area contributed by atoms with Gasteiger partial charge in [-0.1, -0.05) is 6.07 Å². The van der Waals surface area contributed by atoms with Gasteiger partial charge in [0, 0.05) is 11.4 Å². The standard InChI is InChI=1S/C21H24N4O2/c1-16(21(26)23-18-5-3-4-17(14-18)15-22)24-10-12-25(13-11-24)19-6-8-20(27-2)9-7-19/h3-9,14,16H,10-13H2,1-2H3,(H,23,26)/p+1/t16-/m0/s1. The molecule has 2 aromatic rings. The first-order valence-corrected chi connectivity index (χ1v) is 9.15. The molecule has 27 heavy (non-hydrogen) atoms. The van der Waals surface area contributed by atoms with Crippen molar-refractivity contribution in [3.05, 3.63) is 54.1 Å². The number of piperazine rings is 1. The molecule has 2 aromatic carbocycles. The molecule has 1 aliphatic heterocycles. The molecule has 1 amide bonds. The predicted molar refractivity (Wildman–Crippen MR) is 105 cm³/mol. The molecule has 2 N–H and O–H groups in total. The summed E-state index contributed by atoms with van der Waals surface area (Å²) in [5, 5.41) is 11.9. The van der Waals surface area contributed by atoms with Crippen LogP contribution in [-0.2, 0) is 4.79 Å². The number of nitrogens with zero attached hydrogens (tertiary/aromatic N) is 2. The lowest BCUT2D eigenvalue weighted by atomic mass is 10.1. The van der Waals surface area contributed by atoms with Gasteiger partial charge in [0.25, 0.3) is 5.91 Å². The van der Waals surface area contributed by atoms with Gasteiger partial charge in [-0.15, -0.1) is 0 Å². The summed E-state index contributed by atoms with van der Waals surface area (Å²) in [6.07, 6.45) is 0. The van der Waals surface area contributed by atoms with Crippen LogP contribution in [0.4, 0.5) is 11.4 Å². The Morgan fingerprint density at radius 3 is 2.56 bits per heavy atom. The Kier molecular flexibility index (Phi) is 5.94. The van der Waals surface area contributed by atoms with Crippen molar-refractivity contribution < 1.29 is 14.4 Å². The number of hydrogen-bond acceptors (Lipinski definition) is 4. The zero-order chi connectivity index (χ0) is 19.2. The molecule has 1 fully saturated rings. The van der Waals surface area contributed by atoms with Gasteiger partial charge in [0.05, 0.1) is 44.9 Å². The quantitative estimate of drug-likeness (QED) is 0.838. The molecular weight excluding hydrogens is 340 g/mol. The fraction of sp³-hybridized carbons (Fsp3) is 0.333. The number of anilines is 2. The van der Waals surface area contributed by atoms with E-state index in [0.29, 0.717) is 11.3 Å². The SMILES string of the molecule is COc1ccc(N2CC[NH+]([C@@H](C)C(=O)Nc3cccc(C#N)c3)CC2)cc1. The molecule has 0 saturated carbocycles. The fourth-order valence-corrected chi connectivity index (χ4v) is 3.38. The van der Waals surface area contributed by atoms with Gasteiger partial charge in [0.1, 0.15) is 5.75 Å². The van der Waals surface area contributed by atoms with Gasteiger partial charge < -0.3 is 19.9 Å². The van der Waals surface area contributed by atoms with E-state index in [4.69, 9.17) is 10.00 Å². The number of quaternary nitrogens is 1. The zero-order valence-electron chi connectivity index (χ0n) is 15.7. The summed E-state index contributed by atoms with van der Waals surface area (Å²) in [4.78, 5) is 16.2. The summed E-state index contributed by atoms with van der Waals surface area (Å²) in [5.41, 5.74) is 2.39. The van der Waals surface area contributed by atoms with Crippen LogP contribution in [0.15, 0.2) is 48.5 Å². The monoisotopic (exact) mass is 365 g/mol. The van der Waals surface area contributed by atoms with Gasteiger partial charge in [-0.05, 0) is 49.4 Å². The fourth-order valence-electron chi connectivity index (χ4n) is 3.38. The third-order valence-electron chi connectivity index (χ3n) is 5.11. The van der Waals surface area contributed by atoms with Crippen molar-refractivity contribution >= 4 is 17.3 Å². The van der Waals surface area contributed by atoms with Crippen molar-refractivity contribution in [1.29, 1.82) is 5.26 Å². The summed E-state index contributed by atoms with van der Waals surface area (Å²) in [6.45, 7) is 5.58. The molecule has 0 radical (unpaired) electrons. The van der Waals surface area contributed by atoms with Gasteiger partial charge in [0.15, 0.2) is 6.04 Å². The summed E-state index contributed by atoms with van der Waals surface area (Å²) in [7, 11) is 1.67. The second kappa shape index (κ2) is 8.56. The van der Waals surface area contributed by atoms with Crippen molar-refractivity contribution in [1.82, 2.24) is 0 Å². The molecular formula is C21H25N4O2+. The lowest BCUT2D eigenvalue weighted by molar-refractivity contribution is -0.914. The van der Waals surface area contributed by atoms with E-state index in [1.807, 2.05) is 25.1 Å². The van der Waals surface area contributed by atoms with Crippen LogP contribution in [0.5, 0.6) is 5.75 Å². The Labute approximate surface area is 160 Å². The lowest BCUT2D eigenvalue weighted by Gasteiger charge is -2.36. The van der Waals surface area contributed by atoms with E-state index in [2.05, 4.69) is 28.4 Å². The van der Waals surface area contributed by atoms with E-state index in [9.17, 15) is 4.79 Å². The third-order valence-corrected chi connectivity index (χ3v) is 5.11. The Morgan fingerprint density at radius 1 is 1.22 bits per heavy atom. The number of carbonyl (C=O) groups is 1. The maximum Gasteiger partial charge on any atom is 0.282 e. The molecule has 6 heteroatoms. The van der Waals surface area contributed by atoms with Crippen molar-refractivity contribution in [2.75, 3.05) is 43.5 Å². The van der Waals surface area contributed by atoms with Crippen LogP contribution in [-0.4, -0.2) is 45.2 Å². The number of rotatable bonds is 5. The molecule has 6 nitrogen and oxygen atoms in total. The maximum absolute atomic E-state index is 12.6. The number of ether oxygens (including phenoxy) is 1. The van der Waals surface area contributed by atoms with Gasteiger partial charge in [0.2, 0.25) is 0 Å². The van der Waals surface area contributed by atoms with Crippen LogP contribution < -0.4 is 19.9 Å². The minimum absolute atomic E-state index is 0.0158. The second-order valence-corrected chi connectivity index (χ2v) is 6.75. The summed E-state index contributed by atoms with van der Waals surface area (Å²) in [5.74, 6) is 0.840. The molecule has 0 bridgehead atoms. The van der Waals surface area contributed by atoms with E-state index < -0.39 is 0 Å². The molecule has 1 aliphatic rings. The van der Waals surface area contributed by atoms with Crippen molar-refractivity contribution in [2.24, 2.45) is 0 Å². The number of methoxy groups -OCH3 is 1. The first-order chi connectivity index (χ1) is 13.1. The summed E-state index contributed by atoms with van der Waals surface area (Å²) >= 11 is 0. The predicted octanol–water partition coefficient (Wildman–Crippen LogP) is 1.30. The normalized spacial score (nSPS) is 15.7. The Morgan fingerprint density at radius 2 is 1.93 bits per heavy atom. The molecule has 1 heterocycles. The Bertz CT molecular complexity index is 821. The minimum Gasteiger partial charge on any atom is -0.497 e. The van der Waals surface area contributed by atoms with E-state index in [0.717, 1.165) is 31.9 Å². The number of nitrogens with one attached hydrogen (secondary N) is 2. The van der Waals surface area contributed by atoms with Crippen LogP contribution in [0, 0.1) is 11.3 Å². The van der Waals surface area contributed by atoms with Crippen LogP contribution in [0.2, 0.25) is 0 Å². The van der Waals surface area contributed by atoms with E-state index in [1.54, 1.807) is 25.3 Å². The first kappa shape index (κ1) is 18.7.